The molecule has 3 aromatic rings. The third kappa shape index (κ3) is 7.15. The van der Waals surface area contributed by atoms with Gasteiger partial charge >= 0.3 is 5.97 Å². The third-order valence-electron chi connectivity index (χ3n) is 4.73. The number of benzene rings is 3. The van der Waals surface area contributed by atoms with E-state index in [1.54, 1.807) is 0 Å². The molecule has 1 N–H and O–H groups in total. The number of hydrogen-bond donors (Lipinski definition) is 1. The van der Waals surface area contributed by atoms with Crippen LogP contribution in [0, 0.1) is 0 Å². The lowest BCUT2D eigenvalue weighted by atomic mass is 10.1. The van der Waals surface area contributed by atoms with Crippen molar-refractivity contribution in [3.05, 3.63) is 84.4 Å². The number of ether oxygens (including phenoxy) is 3. The zero-order valence-electron chi connectivity index (χ0n) is 17.7. The standard InChI is InChI=1S/C26H28O5/c1-2-16-31-25(26(27)28)19-20-8-12-23(13-9-20)29-17-18-30-24-14-10-22(11-15-24)21-6-4-3-5-7-21/h3-15,25H,2,16-19H2,1H3,(H,27,28). The molecule has 1 atom stereocenters. The van der Waals surface area contributed by atoms with Crippen LogP contribution in [0.1, 0.15) is 18.9 Å². The molecule has 0 fully saturated rings. The van der Waals surface area contributed by atoms with Crippen molar-refractivity contribution in [2.45, 2.75) is 25.9 Å². The lowest BCUT2D eigenvalue weighted by Crippen LogP contribution is -2.26. The van der Waals surface area contributed by atoms with E-state index >= 15 is 0 Å². The van der Waals surface area contributed by atoms with Crippen LogP contribution in [-0.2, 0) is 16.0 Å². The quantitative estimate of drug-likeness (QED) is 0.406. The molecule has 0 heterocycles. The minimum Gasteiger partial charge on any atom is -0.490 e. The lowest BCUT2D eigenvalue weighted by Gasteiger charge is -2.14. The molecule has 0 aliphatic carbocycles. The summed E-state index contributed by atoms with van der Waals surface area (Å²) >= 11 is 0. The van der Waals surface area contributed by atoms with Gasteiger partial charge in [0, 0.05) is 13.0 Å². The van der Waals surface area contributed by atoms with Crippen LogP contribution in [0.3, 0.4) is 0 Å². The average molecular weight is 421 g/mol. The number of rotatable bonds is 12. The van der Waals surface area contributed by atoms with Gasteiger partial charge in [-0.3, -0.25) is 0 Å². The molecular formula is C26H28O5. The maximum absolute atomic E-state index is 11.3. The van der Waals surface area contributed by atoms with Gasteiger partial charge in [-0.2, -0.15) is 0 Å². The van der Waals surface area contributed by atoms with Gasteiger partial charge in [-0.1, -0.05) is 61.5 Å². The van der Waals surface area contributed by atoms with E-state index in [4.69, 9.17) is 14.2 Å². The molecule has 5 nitrogen and oxygen atoms in total. The Morgan fingerprint density at radius 3 is 1.87 bits per heavy atom. The molecule has 162 valence electrons. The van der Waals surface area contributed by atoms with Gasteiger partial charge in [0.25, 0.3) is 0 Å². The zero-order chi connectivity index (χ0) is 21.9. The van der Waals surface area contributed by atoms with E-state index in [0.717, 1.165) is 23.3 Å². The Bertz CT molecular complexity index is 920. The topological polar surface area (TPSA) is 65.0 Å². The fourth-order valence-electron chi connectivity index (χ4n) is 3.11. The SMILES string of the molecule is CCCOC(Cc1ccc(OCCOc2ccc(-c3ccccc3)cc2)cc1)C(=O)O. The van der Waals surface area contributed by atoms with Crippen LogP contribution in [0.15, 0.2) is 78.9 Å². The van der Waals surface area contributed by atoms with Crippen molar-refractivity contribution in [2.24, 2.45) is 0 Å². The first-order valence-electron chi connectivity index (χ1n) is 10.5. The summed E-state index contributed by atoms with van der Waals surface area (Å²) < 4.78 is 16.9. The first-order valence-corrected chi connectivity index (χ1v) is 10.5. The molecule has 0 saturated heterocycles. The molecule has 3 aromatic carbocycles. The third-order valence-corrected chi connectivity index (χ3v) is 4.73. The molecule has 1 unspecified atom stereocenters. The Balaban J connectivity index is 1.42. The number of aliphatic carboxylic acids is 1. The highest BCUT2D eigenvalue weighted by Crippen LogP contribution is 2.22. The van der Waals surface area contributed by atoms with Gasteiger partial charge in [0.05, 0.1) is 0 Å². The summed E-state index contributed by atoms with van der Waals surface area (Å²) in [4.78, 5) is 11.3. The molecule has 0 radical (unpaired) electrons. The number of carboxylic acid groups (broad SMARTS) is 1. The van der Waals surface area contributed by atoms with Crippen LogP contribution in [0.5, 0.6) is 11.5 Å². The van der Waals surface area contributed by atoms with E-state index in [1.165, 1.54) is 5.56 Å². The summed E-state index contributed by atoms with van der Waals surface area (Å²) in [5.41, 5.74) is 3.22. The molecule has 0 aliphatic heterocycles. The zero-order valence-corrected chi connectivity index (χ0v) is 17.7. The number of carbonyl (C=O) groups is 1. The van der Waals surface area contributed by atoms with Gasteiger partial charge in [0.2, 0.25) is 0 Å². The van der Waals surface area contributed by atoms with Crippen LogP contribution < -0.4 is 9.47 Å². The molecule has 0 aromatic heterocycles. The molecule has 0 spiro atoms. The van der Waals surface area contributed by atoms with E-state index in [9.17, 15) is 9.90 Å². The van der Waals surface area contributed by atoms with Gasteiger partial charge < -0.3 is 19.3 Å². The average Bonchev–Trinajstić information content (AvgIpc) is 2.81. The summed E-state index contributed by atoms with van der Waals surface area (Å²) in [7, 11) is 0. The van der Waals surface area contributed by atoms with Crippen molar-refractivity contribution in [2.75, 3.05) is 19.8 Å². The summed E-state index contributed by atoms with van der Waals surface area (Å²) in [6.07, 6.45) is 0.293. The molecule has 0 bridgehead atoms. The molecule has 0 saturated carbocycles. The van der Waals surface area contributed by atoms with Gasteiger partial charge in [0.15, 0.2) is 6.10 Å². The van der Waals surface area contributed by atoms with Crippen molar-refractivity contribution in [1.29, 1.82) is 0 Å². The summed E-state index contributed by atoms with van der Waals surface area (Å²) in [6, 6.07) is 25.6. The predicted octanol–water partition coefficient (Wildman–Crippen LogP) is 5.23. The van der Waals surface area contributed by atoms with Gasteiger partial charge in [-0.15, -0.1) is 0 Å². The largest absolute Gasteiger partial charge is 0.490 e. The highest BCUT2D eigenvalue weighted by molar-refractivity contribution is 5.72. The van der Waals surface area contributed by atoms with Crippen molar-refractivity contribution in [3.8, 4) is 22.6 Å². The Hall–Kier alpha value is -3.31. The maximum atomic E-state index is 11.3. The molecule has 31 heavy (non-hydrogen) atoms. The van der Waals surface area contributed by atoms with E-state index in [1.807, 2.05) is 73.7 Å². The highest BCUT2D eigenvalue weighted by Gasteiger charge is 2.18. The monoisotopic (exact) mass is 420 g/mol. The second-order valence-corrected chi connectivity index (χ2v) is 7.13. The fourth-order valence-corrected chi connectivity index (χ4v) is 3.11. The highest BCUT2D eigenvalue weighted by atomic mass is 16.5. The second kappa shape index (κ2) is 11.8. The van der Waals surface area contributed by atoms with Crippen LogP contribution in [-0.4, -0.2) is 37.0 Å². The molecule has 3 rings (SSSR count). The van der Waals surface area contributed by atoms with Crippen molar-refractivity contribution in [1.82, 2.24) is 0 Å². The fraction of sp³-hybridized carbons (Fsp3) is 0.269. The smallest absolute Gasteiger partial charge is 0.333 e. The number of carboxylic acids is 1. The van der Waals surface area contributed by atoms with Gasteiger partial charge in [-0.05, 0) is 47.4 Å². The van der Waals surface area contributed by atoms with E-state index < -0.39 is 12.1 Å². The predicted molar refractivity (Wildman–Crippen MR) is 121 cm³/mol. The number of hydrogen-bond acceptors (Lipinski definition) is 4. The molecule has 0 aliphatic rings. The van der Waals surface area contributed by atoms with Gasteiger partial charge in [-0.25, -0.2) is 4.79 Å². The van der Waals surface area contributed by atoms with Crippen molar-refractivity contribution >= 4 is 5.97 Å². The van der Waals surface area contributed by atoms with E-state index in [2.05, 4.69) is 12.1 Å². The Kier molecular flexibility index (Phi) is 8.49. The summed E-state index contributed by atoms with van der Waals surface area (Å²) in [5, 5.41) is 9.26. The first-order chi connectivity index (χ1) is 15.2. The minimum absolute atomic E-state index is 0.331. The van der Waals surface area contributed by atoms with Crippen LogP contribution in [0.4, 0.5) is 0 Å². The molecule has 0 amide bonds. The molecule has 5 heteroatoms. The summed E-state index contributed by atoms with van der Waals surface area (Å²) in [6.45, 7) is 3.23. The van der Waals surface area contributed by atoms with Crippen molar-refractivity contribution in [3.63, 3.8) is 0 Å². The van der Waals surface area contributed by atoms with E-state index in [0.29, 0.717) is 32.0 Å². The van der Waals surface area contributed by atoms with Crippen LogP contribution in [0.2, 0.25) is 0 Å². The Morgan fingerprint density at radius 2 is 1.32 bits per heavy atom. The first kappa shape index (κ1) is 22.4. The molecular weight excluding hydrogens is 392 g/mol. The van der Waals surface area contributed by atoms with Crippen LogP contribution >= 0.6 is 0 Å². The van der Waals surface area contributed by atoms with E-state index in [-0.39, 0.29) is 0 Å². The second-order valence-electron chi connectivity index (χ2n) is 7.13. The maximum Gasteiger partial charge on any atom is 0.333 e. The normalized spacial score (nSPS) is 11.6. The lowest BCUT2D eigenvalue weighted by molar-refractivity contribution is -0.150. The minimum atomic E-state index is -0.942. The van der Waals surface area contributed by atoms with Crippen molar-refractivity contribution < 1.29 is 24.1 Å². The van der Waals surface area contributed by atoms with Crippen LogP contribution in [0.25, 0.3) is 11.1 Å². The summed E-state index contributed by atoms with van der Waals surface area (Å²) in [5.74, 6) is 0.571. The van der Waals surface area contributed by atoms with Gasteiger partial charge in [0.1, 0.15) is 24.7 Å². The Labute approximate surface area is 183 Å². The Morgan fingerprint density at radius 1 is 0.774 bits per heavy atom.